The lowest BCUT2D eigenvalue weighted by atomic mass is 10.1. The Kier molecular flexibility index (Phi) is 4.67. The van der Waals surface area contributed by atoms with Crippen molar-refractivity contribution in [3.63, 3.8) is 0 Å². The minimum Gasteiger partial charge on any atom is -0.467 e. The van der Waals surface area contributed by atoms with Gasteiger partial charge in [0.25, 0.3) is 0 Å². The Bertz CT molecular complexity index is 563. The first-order chi connectivity index (χ1) is 9.22. The number of esters is 1. The molecule has 0 aliphatic carbocycles. The van der Waals surface area contributed by atoms with Crippen molar-refractivity contribution in [2.24, 2.45) is 0 Å². The lowest BCUT2D eigenvalue weighted by Gasteiger charge is -2.17. The summed E-state index contributed by atoms with van der Waals surface area (Å²) in [6.45, 7) is 0. The van der Waals surface area contributed by atoms with Crippen LogP contribution in [0.1, 0.15) is 11.6 Å². The fraction of sp³-hybridized carbons (Fsp3) is 0.154. The van der Waals surface area contributed by atoms with Gasteiger partial charge in [0.15, 0.2) is 6.04 Å². The van der Waals surface area contributed by atoms with E-state index >= 15 is 0 Å². The highest BCUT2D eigenvalue weighted by Gasteiger charge is 2.22. The van der Waals surface area contributed by atoms with E-state index in [1.807, 2.05) is 30.3 Å². The van der Waals surface area contributed by atoms with Gasteiger partial charge < -0.3 is 10.1 Å². The zero-order chi connectivity index (χ0) is 13.7. The van der Waals surface area contributed by atoms with Crippen molar-refractivity contribution in [2.75, 3.05) is 12.4 Å². The number of ether oxygens (including phenoxy) is 1. The minimum atomic E-state index is -0.588. The van der Waals surface area contributed by atoms with Crippen molar-refractivity contribution in [1.82, 2.24) is 9.97 Å². The molecular formula is C13H12IN3O2. The summed E-state index contributed by atoms with van der Waals surface area (Å²) in [4.78, 5) is 19.9. The molecule has 98 valence electrons. The SMILES string of the molecule is COC(=O)C(Nc1ncncc1I)c1ccccc1. The third-order valence-electron chi connectivity index (χ3n) is 2.52. The Morgan fingerprint density at radius 1 is 1.37 bits per heavy atom. The first kappa shape index (κ1) is 13.7. The van der Waals surface area contributed by atoms with Crippen LogP contribution in [0.15, 0.2) is 42.9 Å². The highest BCUT2D eigenvalue weighted by atomic mass is 127. The molecule has 2 aromatic rings. The topological polar surface area (TPSA) is 64.1 Å². The van der Waals surface area contributed by atoms with E-state index in [1.165, 1.54) is 13.4 Å². The summed E-state index contributed by atoms with van der Waals surface area (Å²) < 4.78 is 5.67. The summed E-state index contributed by atoms with van der Waals surface area (Å²) >= 11 is 2.11. The van der Waals surface area contributed by atoms with E-state index in [9.17, 15) is 4.79 Å². The number of halogens is 1. The second kappa shape index (κ2) is 6.46. The monoisotopic (exact) mass is 369 g/mol. The average Bonchev–Trinajstić information content (AvgIpc) is 2.46. The van der Waals surface area contributed by atoms with Crippen LogP contribution in [0.3, 0.4) is 0 Å². The molecule has 0 spiro atoms. The van der Waals surface area contributed by atoms with E-state index < -0.39 is 6.04 Å². The number of carbonyl (C=O) groups excluding carboxylic acids is 1. The zero-order valence-electron chi connectivity index (χ0n) is 10.2. The van der Waals surface area contributed by atoms with Gasteiger partial charge in [-0.15, -0.1) is 0 Å². The Labute approximate surface area is 124 Å². The van der Waals surface area contributed by atoms with E-state index in [4.69, 9.17) is 4.74 Å². The smallest absolute Gasteiger partial charge is 0.333 e. The molecule has 0 saturated heterocycles. The zero-order valence-corrected chi connectivity index (χ0v) is 12.4. The first-order valence-electron chi connectivity index (χ1n) is 5.57. The Morgan fingerprint density at radius 3 is 2.74 bits per heavy atom. The quantitative estimate of drug-likeness (QED) is 0.663. The molecule has 0 bridgehead atoms. The molecular weight excluding hydrogens is 357 g/mol. The number of carbonyl (C=O) groups is 1. The van der Waals surface area contributed by atoms with Gasteiger partial charge >= 0.3 is 5.97 Å². The standard InChI is InChI=1S/C13H12IN3O2/c1-19-13(18)11(9-5-3-2-4-6-9)17-12-10(14)7-15-8-16-12/h2-8,11H,1H3,(H,15,16,17). The summed E-state index contributed by atoms with van der Waals surface area (Å²) in [6, 6.07) is 8.78. The number of aromatic nitrogens is 2. The average molecular weight is 369 g/mol. The molecule has 1 atom stereocenters. The Hall–Kier alpha value is -1.70. The Balaban J connectivity index is 2.30. The number of hydrogen-bond acceptors (Lipinski definition) is 5. The fourth-order valence-corrected chi connectivity index (χ4v) is 2.05. The van der Waals surface area contributed by atoms with Crippen LogP contribution >= 0.6 is 22.6 Å². The van der Waals surface area contributed by atoms with Crippen molar-refractivity contribution in [1.29, 1.82) is 0 Å². The molecule has 0 amide bonds. The van der Waals surface area contributed by atoms with Crippen LogP contribution in [0.25, 0.3) is 0 Å². The normalized spacial score (nSPS) is 11.7. The highest BCUT2D eigenvalue weighted by molar-refractivity contribution is 14.1. The van der Waals surface area contributed by atoms with Crippen LogP contribution in [-0.4, -0.2) is 23.0 Å². The largest absolute Gasteiger partial charge is 0.467 e. The Morgan fingerprint density at radius 2 is 2.11 bits per heavy atom. The first-order valence-corrected chi connectivity index (χ1v) is 6.65. The van der Waals surface area contributed by atoms with E-state index in [2.05, 4.69) is 37.9 Å². The minimum absolute atomic E-state index is 0.361. The molecule has 1 heterocycles. The van der Waals surface area contributed by atoms with E-state index in [-0.39, 0.29) is 5.97 Å². The maximum Gasteiger partial charge on any atom is 0.333 e. The van der Waals surface area contributed by atoms with Crippen molar-refractivity contribution < 1.29 is 9.53 Å². The third-order valence-corrected chi connectivity index (χ3v) is 3.31. The molecule has 1 aromatic carbocycles. The van der Waals surface area contributed by atoms with Crippen molar-refractivity contribution in [3.05, 3.63) is 52.0 Å². The van der Waals surface area contributed by atoms with Gasteiger partial charge in [0, 0.05) is 6.20 Å². The number of nitrogens with zero attached hydrogens (tertiary/aromatic N) is 2. The number of anilines is 1. The van der Waals surface area contributed by atoms with Gasteiger partial charge in [0.05, 0.1) is 10.7 Å². The van der Waals surface area contributed by atoms with Gasteiger partial charge in [-0.05, 0) is 28.2 Å². The summed E-state index contributed by atoms with van der Waals surface area (Å²) in [5.74, 6) is 0.246. The number of hydrogen-bond donors (Lipinski definition) is 1. The van der Waals surface area contributed by atoms with Crippen LogP contribution in [-0.2, 0) is 9.53 Å². The number of benzene rings is 1. The number of methoxy groups -OCH3 is 1. The molecule has 5 nitrogen and oxygen atoms in total. The highest BCUT2D eigenvalue weighted by Crippen LogP contribution is 2.22. The molecule has 0 aliphatic rings. The van der Waals surface area contributed by atoms with E-state index in [0.29, 0.717) is 5.82 Å². The van der Waals surface area contributed by atoms with Gasteiger partial charge in [-0.1, -0.05) is 30.3 Å². The van der Waals surface area contributed by atoms with Gasteiger partial charge in [0.1, 0.15) is 12.1 Å². The van der Waals surface area contributed by atoms with E-state index in [1.54, 1.807) is 6.20 Å². The lowest BCUT2D eigenvalue weighted by molar-refractivity contribution is -0.141. The van der Waals surface area contributed by atoms with Crippen molar-refractivity contribution in [3.8, 4) is 0 Å². The predicted octanol–water partition coefficient (Wildman–Crippen LogP) is 2.41. The van der Waals surface area contributed by atoms with Gasteiger partial charge in [-0.3, -0.25) is 0 Å². The van der Waals surface area contributed by atoms with E-state index in [0.717, 1.165) is 9.13 Å². The summed E-state index contributed by atoms with van der Waals surface area (Å²) in [5.41, 5.74) is 0.823. The fourth-order valence-electron chi connectivity index (χ4n) is 1.60. The maximum atomic E-state index is 11.9. The summed E-state index contributed by atoms with van der Waals surface area (Å²) in [7, 11) is 1.37. The van der Waals surface area contributed by atoms with Crippen molar-refractivity contribution >= 4 is 34.4 Å². The predicted molar refractivity (Wildman–Crippen MR) is 79.6 cm³/mol. The third kappa shape index (κ3) is 3.40. The molecule has 2 rings (SSSR count). The molecule has 1 unspecified atom stereocenters. The second-order valence-corrected chi connectivity index (χ2v) is 4.89. The molecule has 1 aromatic heterocycles. The van der Waals surface area contributed by atoms with Crippen LogP contribution in [0.4, 0.5) is 5.82 Å². The van der Waals surface area contributed by atoms with Crippen LogP contribution in [0.5, 0.6) is 0 Å². The van der Waals surface area contributed by atoms with Crippen LogP contribution < -0.4 is 5.32 Å². The van der Waals surface area contributed by atoms with Crippen LogP contribution in [0, 0.1) is 3.57 Å². The molecule has 0 fully saturated rings. The van der Waals surface area contributed by atoms with Crippen LogP contribution in [0.2, 0.25) is 0 Å². The second-order valence-electron chi connectivity index (χ2n) is 3.73. The van der Waals surface area contributed by atoms with Gasteiger partial charge in [0.2, 0.25) is 0 Å². The molecule has 0 aliphatic heterocycles. The van der Waals surface area contributed by atoms with Crippen molar-refractivity contribution in [2.45, 2.75) is 6.04 Å². The molecule has 0 saturated carbocycles. The maximum absolute atomic E-state index is 11.9. The summed E-state index contributed by atoms with van der Waals surface area (Å²) in [5, 5.41) is 3.08. The molecule has 19 heavy (non-hydrogen) atoms. The number of nitrogens with one attached hydrogen (secondary N) is 1. The molecule has 0 radical (unpaired) electrons. The lowest BCUT2D eigenvalue weighted by Crippen LogP contribution is -2.23. The molecule has 6 heteroatoms. The summed E-state index contributed by atoms with van der Waals surface area (Å²) in [6.07, 6.45) is 3.11. The number of rotatable bonds is 4. The molecule has 1 N–H and O–H groups in total. The van der Waals surface area contributed by atoms with Gasteiger partial charge in [-0.2, -0.15) is 0 Å². The van der Waals surface area contributed by atoms with Gasteiger partial charge in [-0.25, -0.2) is 14.8 Å².